The number of allylic oxidation sites excluding steroid dienone is 2. The van der Waals surface area contributed by atoms with E-state index < -0.39 is 0 Å². The molecule has 1 aromatic carbocycles. The van der Waals surface area contributed by atoms with E-state index in [4.69, 9.17) is 4.42 Å². The van der Waals surface area contributed by atoms with Crippen LogP contribution < -0.4 is 5.32 Å². The molecule has 1 aromatic heterocycles. The van der Waals surface area contributed by atoms with Crippen molar-refractivity contribution in [1.29, 1.82) is 0 Å². The molecule has 23 heavy (non-hydrogen) atoms. The largest absolute Gasteiger partial charge is 0.444 e. The van der Waals surface area contributed by atoms with Gasteiger partial charge in [0.15, 0.2) is 0 Å². The lowest BCUT2D eigenvalue weighted by Crippen LogP contribution is -2.27. The van der Waals surface area contributed by atoms with Gasteiger partial charge in [-0.25, -0.2) is 9.37 Å². The Labute approximate surface area is 134 Å². The summed E-state index contributed by atoms with van der Waals surface area (Å²) < 4.78 is 18.3. The second kappa shape index (κ2) is 7.22. The molecule has 0 saturated heterocycles. The maximum absolute atomic E-state index is 12.9. The van der Waals surface area contributed by atoms with Gasteiger partial charge >= 0.3 is 0 Å². The molecule has 0 spiro atoms. The van der Waals surface area contributed by atoms with Gasteiger partial charge in [0.05, 0.1) is 5.69 Å². The van der Waals surface area contributed by atoms with Gasteiger partial charge < -0.3 is 9.73 Å². The van der Waals surface area contributed by atoms with Crippen LogP contribution >= 0.6 is 0 Å². The molecule has 120 valence electrons. The topological polar surface area (TPSA) is 55.1 Å². The molecule has 0 aliphatic heterocycles. The van der Waals surface area contributed by atoms with Crippen LogP contribution in [0.5, 0.6) is 0 Å². The van der Waals surface area contributed by atoms with Gasteiger partial charge in [-0.2, -0.15) is 0 Å². The minimum absolute atomic E-state index is 0.0730. The number of halogens is 1. The van der Waals surface area contributed by atoms with Crippen molar-refractivity contribution >= 4 is 5.91 Å². The number of nitrogens with one attached hydrogen (secondary N) is 1. The average Bonchev–Trinajstić information content (AvgIpc) is 3.20. The lowest BCUT2D eigenvalue weighted by atomic mass is 10.1. The molecule has 1 amide bonds. The maximum Gasteiger partial charge on any atom is 0.226 e. The van der Waals surface area contributed by atoms with Gasteiger partial charge in [-0.15, -0.1) is 0 Å². The van der Waals surface area contributed by atoms with Crippen LogP contribution in [0.25, 0.3) is 11.5 Å². The highest BCUT2D eigenvalue weighted by molar-refractivity contribution is 5.76. The van der Waals surface area contributed by atoms with E-state index in [1.54, 1.807) is 18.4 Å². The Morgan fingerprint density at radius 3 is 2.91 bits per heavy atom. The Balaban J connectivity index is 1.46. The normalized spacial score (nSPS) is 16.7. The van der Waals surface area contributed by atoms with E-state index in [0.29, 0.717) is 31.2 Å². The number of hydrogen-bond donors (Lipinski definition) is 1. The first-order chi connectivity index (χ1) is 11.2. The highest BCUT2D eigenvalue weighted by Crippen LogP contribution is 2.20. The van der Waals surface area contributed by atoms with E-state index in [0.717, 1.165) is 24.1 Å². The summed E-state index contributed by atoms with van der Waals surface area (Å²) in [4.78, 5) is 16.2. The number of carbonyl (C=O) groups excluding carboxylic acids is 1. The molecule has 3 rings (SSSR count). The number of carbonyl (C=O) groups is 1. The van der Waals surface area contributed by atoms with Gasteiger partial charge in [-0.1, -0.05) is 12.2 Å². The van der Waals surface area contributed by atoms with Gasteiger partial charge in [0.25, 0.3) is 0 Å². The predicted molar refractivity (Wildman–Crippen MR) is 85.1 cm³/mol. The minimum atomic E-state index is -0.291. The van der Waals surface area contributed by atoms with Crippen LogP contribution in [0.3, 0.4) is 0 Å². The van der Waals surface area contributed by atoms with Crippen molar-refractivity contribution in [2.75, 3.05) is 6.54 Å². The Morgan fingerprint density at radius 1 is 1.35 bits per heavy atom. The van der Waals surface area contributed by atoms with Gasteiger partial charge in [-0.05, 0) is 43.0 Å². The first kappa shape index (κ1) is 15.5. The number of rotatable bonds is 6. The highest BCUT2D eigenvalue weighted by atomic mass is 19.1. The van der Waals surface area contributed by atoms with E-state index in [-0.39, 0.29) is 11.7 Å². The molecule has 0 fully saturated rings. The van der Waals surface area contributed by atoms with E-state index in [1.807, 2.05) is 0 Å². The van der Waals surface area contributed by atoms with Gasteiger partial charge in [-0.3, -0.25) is 4.79 Å². The fourth-order valence-electron chi connectivity index (χ4n) is 2.65. The van der Waals surface area contributed by atoms with Crippen molar-refractivity contribution in [3.05, 3.63) is 54.2 Å². The van der Waals surface area contributed by atoms with Crippen molar-refractivity contribution in [3.8, 4) is 11.5 Å². The second-order valence-electron chi connectivity index (χ2n) is 5.72. The molecule has 0 unspecified atom stereocenters. The molecule has 0 bridgehead atoms. The molecule has 0 saturated carbocycles. The van der Waals surface area contributed by atoms with Crippen molar-refractivity contribution in [3.63, 3.8) is 0 Å². The molecule has 1 heterocycles. The fraction of sp³-hybridized carbons (Fsp3) is 0.333. The van der Waals surface area contributed by atoms with Crippen molar-refractivity contribution in [1.82, 2.24) is 10.3 Å². The van der Waals surface area contributed by atoms with Crippen molar-refractivity contribution in [2.45, 2.75) is 25.7 Å². The van der Waals surface area contributed by atoms with E-state index in [1.165, 1.54) is 12.1 Å². The summed E-state index contributed by atoms with van der Waals surface area (Å²) in [5.74, 6) is 0.624. The number of oxazole rings is 1. The van der Waals surface area contributed by atoms with Gasteiger partial charge in [0.2, 0.25) is 11.8 Å². The Hall–Kier alpha value is -2.43. The Kier molecular flexibility index (Phi) is 4.86. The lowest BCUT2D eigenvalue weighted by molar-refractivity contribution is -0.121. The third-order valence-electron chi connectivity index (χ3n) is 3.91. The summed E-state index contributed by atoms with van der Waals surface area (Å²) in [6.45, 7) is 0.532. The van der Waals surface area contributed by atoms with Crippen LogP contribution in [0.4, 0.5) is 4.39 Å². The maximum atomic E-state index is 12.9. The molecule has 1 N–H and O–H groups in total. The zero-order chi connectivity index (χ0) is 16.1. The second-order valence-corrected chi connectivity index (χ2v) is 5.72. The molecular weight excluding hydrogens is 295 g/mol. The van der Waals surface area contributed by atoms with E-state index >= 15 is 0 Å². The SMILES string of the molecule is O=C(C[C@H]1C=CCC1)NCCc1coc(-c2ccc(F)cc2)n1. The van der Waals surface area contributed by atoms with Crippen LogP contribution in [-0.2, 0) is 11.2 Å². The minimum Gasteiger partial charge on any atom is -0.444 e. The van der Waals surface area contributed by atoms with Crippen molar-refractivity contribution < 1.29 is 13.6 Å². The predicted octanol–water partition coefficient (Wildman–Crippen LogP) is 3.50. The zero-order valence-electron chi connectivity index (χ0n) is 12.8. The third-order valence-corrected chi connectivity index (χ3v) is 3.91. The lowest BCUT2D eigenvalue weighted by Gasteiger charge is -2.07. The Bertz CT molecular complexity index is 691. The van der Waals surface area contributed by atoms with Crippen LogP contribution in [0, 0.1) is 11.7 Å². The summed E-state index contributed by atoms with van der Waals surface area (Å²) >= 11 is 0. The molecule has 5 heteroatoms. The standard InChI is InChI=1S/C18H19FN2O2/c19-15-7-5-14(6-8-15)18-21-16(12-23-18)9-10-20-17(22)11-13-3-1-2-4-13/h1,3,5-8,12-13H,2,4,9-11H2,(H,20,22)/t13-/m0/s1. The molecule has 1 atom stereocenters. The Morgan fingerprint density at radius 2 is 2.17 bits per heavy atom. The number of amides is 1. The summed E-state index contributed by atoms with van der Waals surface area (Å²) in [5.41, 5.74) is 1.50. The van der Waals surface area contributed by atoms with Crippen LogP contribution in [-0.4, -0.2) is 17.4 Å². The monoisotopic (exact) mass is 314 g/mol. The molecule has 0 radical (unpaired) electrons. The fourth-order valence-corrected chi connectivity index (χ4v) is 2.65. The third kappa shape index (κ3) is 4.28. The summed E-state index contributed by atoms with van der Waals surface area (Å²) in [6, 6.07) is 6.00. The number of benzene rings is 1. The first-order valence-corrected chi connectivity index (χ1v) is 7.84. The summed E-state index contributed by atoms with van der Waals surface area (Å²) in [5, 5.41) is 2.91. The highest BCUT2D eigenvalue weighted by Gasteiger charge is 2.14. The van der Waals surface area contributed by atoms with Crippen molar-refractivity contribution in [2.24, 2.45) is 5.92 Å². The van der Waals surface area contributed by atoms with Crippen LogP contribution in [0.1, 0.15) is 25.0 Å². The molecule has 1 aliphatic carbocycles. The van der Waals surface area contributed by atoms with Gasteiger partial charge in [0.1, 0.15) is 12.1 Å². The van der Waals surface area contributed by atoms with Gasteiger partial charge in [0, 0.05) is 24.9 Å². The van der Waals surface area contributed by atoms with Crippen LogP contribution in [0.15, 0.2) is 47.1 Å². The van der Waals surface area contributed by atoms with E-state index in [2.05, 4.69) is 22.5 Å². The molecule has 4 nitrogen and oxygen atoms in total. The number of nitrogens with zero attached hydrogens (tertiary/aromatic N) is 1. The molecule has 2 aromatic rings. The smallest absolute Gasteiger partial charge is 0.226 e. The molecular formula is C18H19FN2O2. The quantitative estimate of drug-likeness (QED) is 0.830. The summed E-state index contributed by atoms with van der Waals surface area (Å²) in [6.07, 6.45) is 9.12. The zero-order valence-corrected chi connectivity index (χ0v) is 12.8. The van der Waals surface area contributed by atoms with E-state index in [9.17, 15) is 9.18 Å². The average molecular weight is 314 g/mol. The number of hydrogen-bond acceptors (Lipinski definition) is 3. The molecule has 1 aliphatic rings. The van der Waals surface area contributed by atoms with Crippen LogP contribution in [0.2, 0.25) is 0 Å². The summed E-state index contributed by atoms with van der Waals surface area (Å²) in [7, 11) is 0. The number of aromatic nitrogens is 1. The first-order valence-electron chi connectivity index (χ1n) is 7.84.